The Morgan fingerprint density at radius 2 is 2.28 bits per heavy atom. The van der Waals surface area contributed by atoms with E-state index in [4.69, 9.17) is 4.74 Å². The van der Waals surface area contributed by atoms with Crippen LogP contribution < -0.4 is 5.32 Å². The van der Waals surface area contributed by atoms with Gasteiger partial charge in [0.25, 0.3) is 0 Å². The molecular formula is C13H20N2O2S. The van der Waals surface area contributed by atoms with Crippen molar-refractivity contribution in [3.05, 3.63) is 16.6 Å². The second-order valence-corrected chi connectivity index (χ2v) is 5.62. The first-order valence-corrected chi connectivity index (χ1v) is 7.45. The molecule has 0 aliphatic heterocycles. The fourth-order valence-corrected chi connectivity index (χ4v) is 2.91. The molecule has 1 aromatic heterocycles. The summed E-state index contributed by atoms with van der Waals surface area (Å²) in [5.74, 6) is 0.102. The van der Waals surface area contributed by atoms with E-state index in [2.05, 4.69) is 10.3 Å². The molecule has 1 aliphatic rings. The third kappa shape index (κ3) is 3.78. The first-order chi connectivity index (χ1) is 8.79. The number of hydrogen-bond acceptors (Lipinski definition) is 5. The molecular weight excluding hydrogens is 248 g/mol. The van der Waals surface area contributed by atoms with Gasteiger partial charge in [0.15, 0.2) is 0 Å². The number of rotatable bonds is 5. The van der Waals surface area contributed by atoms with Crippen molar-refractivity contribution < 1.29 is 9.53 Å². The molecule has 0 aromatic carbocycles. The predicted molar refractivity (Wildman–Crippen MR) is 71.3 cm³/mol. The third-order valence-electron chi connectivity index (χ3n) is 3.40. The number of esters is 1. The molecule has 1 saturated carbocycles. The van der Waals surface area contributed by atoms with Gasteiger partial charge in [-0.3, -0.25) is 9.78 Å². The average molecular weight is 268 g/mol. The molecule has 100 valence electrons. The van der Waals surface area contributed by atoms with Crippen LogP contribution in [0.3, 0.4) is 0 Å². The Hall–Kier alpha value is -0.940. The topological polar surface area (TPSA) is 51.2 Å². The summed E-state index contributed by atoms with van der Waals surface area (Å²) in [6, 6.07) is 0.526. The molecule has 5 heteroatoms. The van der Waals surface area contributed by atoms with Crippen molar-refractivity contribution >= 4 is 17.3 Å². The van der Waals surface area contributed by atoms with Gasteiger partial charge in [0.1, 0.15) is 0 Å². The molecule has 18 heavy (non-hydrogen) atoms. The lowest BCUT2D eigenvalue weighted by Crippen LogP contribution is -2.34. The highest BCUT2D eigenvalue weighted by Gasteiger charge is 2.26. The van der Waals surface area contributed by atoms with Crippen molar-refractivity contribution in [2.75, 3.05) is 6.61 Å². The fourth-order valence-electron chi connectivity index (χ4n) is 2.37. The van der Waals surface area contributed by atoms with E-state index in [9.17, 15) is 4.79 Å². The predicted octanol–water partition coefficient (Wildman–Crippen LogP) is 2.35. The summed E-state index contributed by atoms with van der Waals surface area (Å²) in [6.45, 7) is 3.24. The smallest absolute Gasteiger partial charge is 0.308 e. The van der Waals surface area contributed by atoms with Crippen LogP contribution in [-0.2, 0) is 16.1 Å². The number of carbonyl (C=O) groups is 1. The summed E-state index contributed by atoms with van der Waals surface area (Å²) in [4.78, 5) is 16.9. The summed E-state index contributed by atoms with van der Waals surface area (Å²) < 4.78 is 5.07. The number of ether oxygens (including phenoxy) is 1. The number of carbonyl (C=O) groups excluding carboxylic acids is 1. The minimum atomic E-state index is -0.0154. The summed E-state index contributed by atoms with van der Waals surface area (Å²) in [5, 5.41) is 3.53. The minimum Gasteiger partial charge on any atom is -0.466 e. The van der Waals surface area contributed by atoms with Crippen LogP contribution in [0, 0.1) is 5.92 Å². The van der Waals surface area contributed by atoms with Gasteiger partial charge in [0, 0.05) is 23.7 Å². The van der Waals surface area contributed by atoms with E-state index >= 15 is 0 Å². The Morgan fingerprint density at radius 1 is 1.50 bits per heavy atom. The average Bonchev–Trinajstić information content (AvgIpc) is 2.90. The zero-order chi connectivity index (χ0) is 12.8. The molecule has 1 aromatic rings. The van der Waals surface area contributed by atoms with Crippen LogP contribution in [0.2, 0.25) is 0 Å². The zero-order valence-corrected chi connectivity index (χ0v) is 11.5. The second kappa shape index (κ2) is 6.85. The lowest BCUT2D eigenvalue weighted by atomic mass is 9.86. The molecule has 2 rings (SSSR count). The highest BCUT2D eigenvalue weighted by molar-refractivity contribution is 7.09. The van der Waals surface area contributed by atoms with E-state index < -0.39 is 0 Å². The Kier molecular flexibility index (Phi) is 5.13. The maximum atomic E-state index is 11.6. The number of thiazole rings is 1. The van der Waals surface area contributed by atoms with E-state index in [0.717, 1.165) is 32.2 Å². The molecule has 4 nitrogen and oxygen atoms in total. The Balaban J connectivity index is 1.68. The van der Waals surface area contributed by atoms with E-state index in [1.807, 2.05) is 18.6 Å². The number of aromatic nitrogens is 1. The van der Waals surface area contributed by atoms with E-state index in [1.54, 1.807) is 11.3 Å². The zero-order valence-electron chi connectivity index (χ0n) is 10.7. The molecule has 0 spiro atoms. The molecule has 0 saturated heterocycles. The van der Waals surface area contributed by atoms with Gasteiger partial charge in [-0.1, -0.05) is 0 Å². The number of nitrogens with one attached hydrogen (secondary N) is 1. The molecule has 0 bridgehead atoms. The van der Waals surface area contributed by atoms with Crippen molar-refractivity contribution in [3.63, 3.8) is 0 Å². The van der Waals surface area contributed by atoms with E-state index in [0.29, 0.717) is 12.6 Å². The SMILES string of the molecule is CCOC(=O)C1CCC(NCc2cncs2)CC1. The lowest BCUT2D eigenvalue weighted by molar-refractivity contribution is -0.149. The van der Waals surface area contributed by atoms with Crippen molar-refractivity contribution in [1.82, 2.24) is 10.3 Å². The minimum absolute atomic E-state index is 0.0154. The number of hydrogen-bond donors (Lipinski definition) is 1. The fraction of sp³-hybridized carbons (Fsp3) is 0.692. The van der Waals surface area contributed by atoms with Gasteiger partial charge in [-0.05, 0) is 32.6 Å². The summed E-state index contributed by atoms with van der Waals surface area (Å²) >= 11 is 1.68. The Bertz CT molecular complexity index is 359. The van der Waals surface area contributed by atoms with Crippen LogP contribution in [0.5, 0.6) is 0 Å². The first-order valence-electron chi connectivity index (χ1n) is 6.57. The van der Waals surface area contributed by atoms with Crippen LogP contribution >= 0.6 is 11.3 Å². The Labute approximate surface area is 112 Å². The normalized spacial score (nSPS) is 23.8. The van der Waals surface area contributed by atoms with Gasteiger partial charge < -0.3 is 10.1 Å². The molecule has 1 N–H and O–H groups in total. The standard InChI is InChI=1S/C13H20N2O2S/c1-2-17-13(16)10-3-5-11(6-4-10)15-8-12-7-14-9-18-12/h7,9-11,15H,2-6,8H2,1H3. The van der Waals surface area contributed by atoms with Crippen LogP contribution in [0.4, 0.5) is 0 Å². The van der Waals surface area contributed by atoms with Gasteiger partial charge in [-0.2, -0.15) is 0 Å². The first kappa shape index (κ1) is 13.5. The van der Waals surface area contributed by atoms with Gasteiger partial charge in [-0.25, -0.2) is 0 Å². The maximum absolute atomic E-state index is 11.6. The van der Waals surface area contributed by atoms with Gasteiger partial charge in [0.05, 0.1) is 18.0 Å². The van der Waals surface area contributed by atoms with Gasteiger partial charge in [0.2, 0.25) is 0 Å². The van der Waals surface area contributed by atoms with Crippen LogP contribution in [0.15, 0.2) is 11.7 Å². The van der Waals surface area contributed by atoms with Crippen LogP contribution in [0.25, 0.3) is 0 Å². The van der Waals surface area contributed by atoms with Crippen molar-refractivity contribution in [1.29, 1.82) is 0 Å². The van der Waals surface area contributed by atoms with Gasteiger partial charge in [-0.15, -0.1) is 11.3 Å². The monoisotopic (exact) mass is 268 g/mol. The molecule has 0 amide bonds. The van der Waals surface area contributed by atoms with E-state index in [-0.39, 0.29) is 11.9 Å². The lowest BCUT2D eigenvalue weighted by Gasteiger charge is -2.27. The highest BCUT2D eigenvalue weighted by atomic mass is 32.1. The van der Waals surface area contributed by atoms with Crippen molar-refractivity contribution in [2.45, 2.75) is 45.2 Å². The number of nitrogens with zero attached hydrogens (tertiary/aromatic N) is 1. The highest BCUT2D eigenvalue weighted by Crippen LogP contribution is 2.25. The quantitative estimate of drug-likeness (QED) is 0.833. The molecule has 1 fully saturated rings. The Morgan fingerprint density at radius 3 is 2.89 bits per heavy atom. The summed E-state index contributed by atoms with van der Waals surface area (Å²) in [6.07, 6.45) is 5.91. The summed E-state index contributed by atoms with van der Waals surface area (Å²) in [5.41, 5.74) is 1.86. The third-order valence-corrected chi connectivity index (χ3v) is 4.18. The molecule has 1 heterocycles. The second-order valence-electron chi connectivity index (χ2n) is 4.65. The van der Waals surface area contributed by atoms with Gasteiger partial charge >= 0.3 is 5.97 Å². The van der Waals surface area contributed by atoms with E-state index in [1.165, 1.54) is 4.88 Å². The molecule has 0 unspecified atom stereocenters. The van der Waals surface area contributed by atoms with Crippen LogP contribution in [0.1, 0.15) is 37.5 Å². The molecule has 0 atom stereocenters. The largest absolute Gasteiger partial charge is 0.466 e. The van der Waals surface area contributed by atoms with Crippen LogP contribution in [-0.4, -0.2) is 23.6 Å². The maximum Gasteiger partial charge on any atom is 0.308 e. The van der Waals surface area contributed by atoms with Crippen molar-refractivity contribution in [3.8, 4) is 0 Å². The van der Waals surface area contributed by atoms with Crippen molar-refractivity contribution in [2.24, 2.45) is 5.92 Å². The molecule has 0 radical (unpaired) electrons. The molecule has 1 aliphatic carbocycles. The summed E-state index contributed by atoms with van der Waals surface area (Å²) in [7, 11) is 0.